The number of nitrogens with zero attached hydrogens (tertiary/aromatic N) is 1. The molecule has 176 valence electrons. The van der Waals surface area contributed by atoms with Gasteiger partial charge in [0.05, 0.1) is 12.1 Å². The van der Waals surface area contributed by atoms with Gasteiger partial charge in [0.15, 0.2) is 5.96 Å². The first kappa shape index (κ1) is 27.3. The first-order valence-electron chi connectivity index (χ1n) is 8.78. The highest BCUT2D eigenvalue weighted by atomic mass is 127. The van der Waals surface area contributed by atoms with Gasteiger partial charge in [-0.05, 0) is 42.0 Å². The number of amides is 1. The summed E-state index contributed by atoms with van der Waals surface area (Å²) in [6.07, 6.45) is -9.25. The van der Waals surface area contributed by atoms with Crippen molar-refractivity contribution in [1.82, 2.24) is 10.6 Å². The van der Waals surface area contributed by atoms with Crippen molar-refractivity contribution in [3.05, 3.63) is 65.2 Å². The van der Waals surface area contributed by atoms with Crippen molar-refractivity contribution in [3.8, 4) is 5.75 Å². The normalized spacial score (nSPS) is 12.0. The van der Waals surface area contributed by atoms with E-state index in [9.17, 15) is 31.1 Å². The van der Waals surface area contributed by atoms with Crippen molar-refractivity contribution in [2.24, 2.45) is 10.7 Å². The van der Waals surface area contributed by atoms with Gasteiger partial charge in [-0.1, -0.05) is 12.1 Å². The van der Waals surface area contributed by atoms with Crippen molar-refractivity contribution < 1.29 is 35.9 Å². The Hall–Kier alpha value is -2.71. The van der Waals surface area contributed by atoms with E-state index in [1.165, 1.54) is 12.1 Å². The summed E-state index contributed by atoms with van der Waals surface area (Å²) in [6.45, 7) is 0.419. The van der Waals surface area contributed by atoms with E-state index in [-0.39, 0.29) is 60.9 Å². The van der Waals surface area contributed by atoms with Crippen molar-refractivity contribution in [2.75, 3.05) is 13.1 Å². The van der Waals surface area contributed by atoms with Gasteiger partial charge in [0, 0.05) is 18.7 Å². The number of nitrogens with one attached hydrogen (secondary N) is 2. The largest absolute Gasteiger partial charge is 0.573 e. The minimum atomic E-state index is -4.77. The Morgan fingerprint density at radius 3 is 2.00 bits per heavy atom. The van der Waals surface area contributed by atoms with Crippen LogP contribution in [0.4, 0.5) is 26.3 Å². The molecule has 2 aromatic rings. The molecule has 0 saturated heterocycles. The molecular formula is C19H19F6IN4O2. The zero-order valence-electron chi connectivity index (χ0n) is 16.3. The molecule has 0 atom stereocenters. The molecule has 4 N–H and O–H groups in total. The quantitative estimate of drug-likeness (QED) is 0.153. The molecule has 32 heavy (non-hydrogen) atoms. The molecule has 2 aromatic carbocycles. The summed E-state index contributed by atoms with van der Waals surface area (Å²) in [5, 5.41) is 5.23. The average molecular weight is 576 g/mol. The van der Waals surface area contributed by atoms with Crippen LogP contribution in [0.1, 0.15) is 21.5 Å². The highest BCUT2D eigenvalue weighted by molar-refractivity contribution is 14.0. The minimum absolute atomic E-state index is 0. The predicted molar refractivity (Wildman–Crippen MR) is 116 cm³/mol. The van der Waals surface area contributed by atoms with Gasteiger partial charge in [0.25, 0.3) is 5.91 Å². The SMILES string of the molecule is I.NC(=NCc1ccc(OC(F)(F)F)cc1)NCCNC(=O)c1ccc(C(F)(F)F)cc1. The molecule has 0 radical (unpaired) electrons. The van der Waals surface area contributed by atoms with E-state index in [1.807, 2.05) is 0 Å². The monoisotopic (exact) mass is 576 g/mol. The van der Waals surface area contributed by atoms with Crippen LogP contribution in [0.25, 0.3) is 0 Å². The first-order valence-corrected chi connectivity index (χ1v) is 8.78. The maximum Gasteiger partial charge on any atom is 0.573 e. The number of nitrogens with two attached hydrogens (primary N) is 1. The third-order valence-corrected chi connectivity index (χ3v) is 3.78. The number of carbonyl (C=O) groups excluding carboxylic acids is 1. The maximum atomic E-state index is 12.5. The number of hydrogen-bond donors (Lipinski definition) is 3. The van der Waals surface area contributed by atoms with Gasteiger partial charge in [0.1, 0.15) is 5.75 Å². The smallest absolute Gasteiger partial charge is 0.406 e. The lowest BCUT2D eigenvalue weighted by atomic mass is 10.1. The molecule has 0 fully saturated rings. The number of halogens is 7. The highest BCUT2D eigenvalue weighted by Crippen LogP contribution is 2.29. The summed E-state index contributed by atoms with van der Waals surface area (Å²) in [6, 6.07) is 8.90. The number of alkyl halides is 6. The third-order valence-electron chi connectivity index (χ3n) is 3.78. The molecule has 13 heteroatoms. The minimum Gasteiger partial charge on any atom is -0.406 e. The maximum absolute atomic E-state index is 12.5. The summed E-state index contributed by atoms with van der Waals surface area (Å²) in [5.74, 6) is -0.860. The Bertz CT molecular complexity index is 900. The summed E-state index contributed by atoms with van der Waals surface area (Å²) in [7, 11) is 0. The Balaban J connectivity index is 0.00000512. The van der Waals surface area contributed by atoms with Crippen molar-refractivity contribution >= 4 is 35.8 Å². The van der Waals surface area contributed by atoms with E-state index in [1.54, 1.807) is 0 Å². The van der Waals surface area contributed by atoms with E-state index >= 15 is 0 Å². The fourth-order valence-electron chi connectivity index (χ4n) is 2.31. The molecule has 2 rings (SSSR count). The first-order chi connectivity index (χ1) is 14.4. The predicted octanol–water partition coefficient (Wildman–Crippen LogP) is 4.06. The second kappa shape index (κ2) is 11.8. The molecule has 0 heterocycles. The van der Waals surface area contributed by atoms with Gasteiger partial charge >= 0.3 is 12.5 Å². The molecule has 0 saturated carbocycles. The third kappa shape index (κ3) is 9.62. The molecule has 6 nitrogen and oxygen atoms in total. The fraction of sp³-hybridized carbons (Fsp3) is 0.263. The Morgan fingerprint density at radius 2 is 1.47 bits per heavy atom. The number of guanidine groups is 1. The molecule has 0 unspecified atom stereocenters. The second-order valence-electron chi connectivity index (χ2n) is 6.15. The fourth-order valence-corrected chi connectivity index (χ4v) is 2.31. The Kier molecular flexibility index (Phi) is 10.1. The van der Waals surface area contributed by atoms with Crippen LogP contribution in [0.15, 0.2) is 53.5 Å². The van der Waals surface area contributed by atoms with Gasteiger partial charge in [-0.25, -0.2) is 4.99 Å². The standard InChI is InChI=1S/C19H18F6N4O2.HI/c20-18(21,22)14-5-3-13(4-6-14)16(30)27-9-10-28-17(26)29-11-12-1-7-15(8-2-12)31-19(23,24)25;/h1-8H,9-11H2,(H,27,30)(H3,26,28,29);1H. The van der Waals surface area contributed by atoms with Crippen LogP contribution < -0.4 is 21.1 Å². The van der Waals surface area contributed by atoms with E-state index in [0.29, 0.717) is 5.56 Å². The van der Waals surface area contributed by atoms with E-state index in [2.05, 4.69) is 20.4 Å². The molecule has 0 aromatic heterocycles. The molecule has 0 aliphatic carbocycles. The number of hydrogen-bond acceptors (Lipinski definition) is 3. The van der Waals surface area contributed by atoms with Crippen molar-refractivity contribution in [3.63, 3.8) is 0 Å². The van der Waals surface area contributed by atoms with Crippen LogP contribution in [0.2, 0.25) is 0 Å². The van der Waals surface area contributed by atoms with E-state index in [0.717, 1.165) is 36.4 Å². The molecule has 0 spiro atoms. The Labute approximate surface area is 196 Å². The van der Waals surface area contributed by atoms with Crippen molar-refractivity contribution in [1.29, 1.82) is 0 Å². The Morgan fingerprint density at radius 1 is 0.906 bits per heavy atom. The lowest BCUT2D eigenvalue weighted by Gasteiger charge is -2.10. The molecular weight excluding hydrogens is 557 g/mol. The van der Waals surface area contributed by atoms with Crippen LogP contribution in [-0.2, 0) is 12.7 Å². The summed E-state index contributed by atoms with van der Waals surface area (Å²) in [4.78, 5) is 15.9. The van der Waals surface area contributed by atoms with Gasteiger partial charge in [-0.3, -0.25) is 4.79 Å². The van der Waals surface area contributed by atoms with Gasteiger partial charge < -0.3 is 21.1 Å². The average Bonchev–Trinajstić information content (AvgIpc) is 2.69. The van der Waals surface area contributed by atoms with Crippen LogP contribution in [0, 0.1) is 0 Å². The number of rotatable bonds is 7. The van der Waals surface area contributed by atoms with Gasteiger partial charge in [-0.15, -0.1) is 37.1 Å². The number of benzene rings is 2. The van der Waals surface area contributed by atoms with E-state index < -0.39 is 24.0 Å². The lowest BCUT2D eigenvalue weighted by molar-refractivity contribution is -0.274. The summed E-state index contributed by atoms with van der Waals surface area (Å²) < 4.78 is 77.6. The van der Waals surface area contributed by atoms with Crippen LogP contribution >= 0.6 is 24.0 Å². The van der Waals surface area contributed by atoms with Crippen LogP contribution in [-0.4, -0.2) is 31.3 Å². The molecule has 0 bridgehead atoms. The highest BCUT2D eigenvalue weighted by Gasteiger charge is 2.31. The topological polar surface area (TPSA) is 88.7 Å². The van der Waals surface area contributed by atoms with Gasteiger partial charge in [-0.2, -0.15) is 13.2 Å². The lowest BCUT2D eigenvalue weighted by Crippen LogP contribution is -2.38. The summed E-state index contributed by atoms with van der Waals surface area (Å²) in [5.41, 5.74) is 5.49. The zero-order chi connectivity index (χ0) is 23.1. The van der Waals surface area contributed by atoms with Gasteiger partial charge in [0.2, 0.25) is 0 Å². The van der Waals surface area contributed by atoms with E-state index in [4.69, 9.17) is 5.73 Å². The summed E-state index contributed by atoms with van der Waals surface area (Å²) >= 11 is 0. The number of ether oxygens (including phenoxy) is 1. The van der Waals surface area contributed by atoms with Crippen LogP contribution in [0.5, 0.6) is 5.75 Å². The molecule has 0 aliphatic rings. The second-order valence-corrected chi connectivity index (χ2v) is 6.15. The van der Waals surface area contributed by atoms with Crippen LogP contribution in [0.3, 0.4) is 0 Å². The zero-order valence-corrected chi connectivity index (χ0v) is 18.6. The molecule has 0 aliphatic heterocycles. The number of aliphatic imine (C=N–C) groups is 1. The number of carbonyl (C=O) groups is 1. The van der Waals surface area contributed by atoms with Crippen molar-refractivity contribution in [2.45, 2.75) is 19.1 Å². The molecule has 1 amide bonds.